The first-order chi connectivity index (χ1) is 19.1. The zero-order chi connectivity index (χ0) is 27.0. The van der Waals surface area contributed by atoms with Crippen LogP contribution in [0.1, 0.15) is 63.8 Å². The van der Waals surface area contributed by atoms with Crippen LogP contribution in [0.2, 0.25) is 0 Å². The number of carbonyl (C=O) groups is 2. The van der Waals surface area contributed by atoms with Crippen LogP contribution in [0.4, 0.5) is 0 Å². The molecule has 6 nitrogen and oxygen atoms in total. The second kappa shape index (κ2) is 12.7. The van der Waals surface area contributed by atoms with Crippen molar-refractivity contribution in [2.75, 3.05) is 0 Å². The van der Waals surface area contributed by atoms with Crippen LogP contribution in [-0.4, -0.2) is 28.9 Å². The summed E-state index contributed by atoms with van der Waals surface area (Å²) in [5, 5.41) is 8.93. The highest BCUT2D eigenvalue weighted by atomic mass is 32.1. The fraction of sp³-hybridized carbons (Fsp3) is 0.281. The van der Waals surface area contributed by atoms with E-state index in [2.05, 4.69) is 15.6 Å². The summed E-state index contributed by atoms with van der Waals surface area (Å²) in [7, 11) is 0. The van der Waals surface area contributed by atoms with Crippen LogP contribution in [0.15, 0.2) is 90.3 Å². The minimum absolute atomic E-state index is 0.0530. The van der Waals surface area contributed by atoms with Crippen molar-refractivity contribution in [3.63, 3.8) is 0 Å². The molecule has 1 aliphatic rings. The van der Waals surface area contributed by atoms with Gasteiger partial charge in [0.2, 0.25) is 5.91 Å². The maximum Gasteiger partial charge on any atom is 0.271 e. The van der Waals surface area contributed by atoms with E-state index in [9.17, 15) is 9.59 Å². The number of hydrogen-bond donors (Lipinski definition) is 2. The average molecular weight is 540 g/mol. The Hall–Kier alpha value is -3.97. The van der Waals surface area contributed by atoms with Gasteiger partial charge in [-0.15, -0.1) is 11.3 Å². The number of rotatable bonds is 9. The fourth-order valence-electron chi connectivity index (χ4n) is 5.03. The molecule has 1 aliphatic carbocycles. The summed E-state index contributed by atoms with van der Waals surface area (Å²) >= 11 is 1.41. The largest absolute Gasteiger partial charge is 0.486 e. The molecule has 5 rings (SSSR count). The molecule has 0 radical (unpaired) electrons. The molecule has 2 N–H and O–H groups in total. The van der Waals surface area contributed by atoms with Crippen LogP contribution in [-0.2, 0) is 11.4 Å². The molecule has 39 heavy (non-hydrogen) atoms. The van der Waals surface area contributed by atoms with Crippen LogP contribution in [0.25, 0.3) is 0 Å². The molecule has 2 unspecified atom stereocenters. The van der Waals surface area contributed by atoms with Crippen LogP contribution in [0.3, 0.4) is 0 Å². The third-order valence-corrected chi connectivity index (χ3v) is 7.93. The Morgan fingerprint density at radius 1 is 0.872 bits per heavy atom. The molecule has 2 amide bonds. The predicted molar refractivity (Wildman–Crippen MR) is 154 cm³/mol. The zero-order valence-electron chi connectivity index (χ0n) is 22.0. The van der Waals surface area contributed by atoms with Gasteiger partial charge in [-0.1, -0.05) is 91.2 Å². The number of hydrogen-bond acceptors (Lipinski definition) is 5. The Morgan fingerprint density at radius 2 is 1.46 bits per heavy atom. The Kier molecular flexibility index (Phi) is 8.68. The average Bonchev–Trinajstić information content (AvgIpc) is 3.45. The van der Waals surface area contributed by atoms with Gasteiger partial charge >= 0.3 is 0 Å². The van der Waals surface area contributed by atoms with E-state index >= 15 is 0 Å². The van der Waals surface area contributed by atoms with E-state index in [-0.39, 0.29) is 23.9 Å². The fourth-order valence-corrected chi connectivity index (χ4v) is 5.72. The third kappa shape index (κ3) is 6.92. The molecule has 4 aromatic rings. The van der Waals surface area contributed by atoms with Gasteiger partial charge in [-0.2, -0.15) is 0 Å². The van der Waals surface area contributed by atoms with Gasteiger partial charge in [-0.05, 0) is 43.0 Å². The van der Waals surface area contributed by atoms with E-state index in [1.54, 1.807) is 5.38 Å². The van der Waals surface area contributed by atoms with E-state index in [0.29, 0.717) is 12.3 Å². The Bertz CT molecular complexity index is 1330. The molecule has 200 valence electrons. The number of carbonyl (C=O) groups excluding carboxylic acids is 2. The van der Waals surface area contributed by atoms with Gasteiger partial charge in [0.15, 0.2) is 0 Å². The minimum atomic E-state index is -0.416. The third-order valence-electron chi connectivity index (χ3n) is 7.11. The number of benzene rings is 3. The molecule has 3 aromatic carbocycles. The van der Waals surface area contributed by atoms with E-state index in [1.807, 2.05) is 91.9 Å². The molecular weight excluding hydrogens is 506 g/mol. The van der Waals surface area contributed by atoms with E-state index in [4.69, 9.17) is 4.74 Å². The van der Waals surface area contributed by atoms with Crippen molar-refractivity contribution in [1.82, 2.24) is 15.6 Å². The highest BCUT2D eigenvalue weighted by Gasteiger charge is 2.31. The Morgan fingerprint density at radius 3 is 2.08 bits per heavy atom. The molecule has 0 aliphatic heterocycles. The number of aryl methyl sites for hydroxylation is 1. The second-order valence-electron chi connectivity index (χ2n) is 9.96. The summed E-state index contributed by atoms with van der Waals surface area (Å²) < 4.78 is 5.81. The minimum Gasteiger partial charge on any atom is -0.486 e. The highest BCUT2D eigenvalue weighted by molar-refractivity contribution is 7.09. The maximum absolute atomic E-state index is 13.7. The highest BCUT2D eigenvalue weighted by Crippen LogP contribution is 2.27. The molecule has 2 atom stereocenters. The standard InChI is InChI=1S/C32H33N3O3S/c1-22-16-18-25(19-17-22)38-20-29-33-28(21-39-29)31(36)34-26-14-8-9-15-27(26)35-32(37)30(23-10-4-2-5-11-23)24-12-6-3-7-13-24/h2-7,10-13,16-19,21,26-27,30H,8-9,14-15,20H2,1H3,(H,34,36)(H,35,37). The van der Waals surface area contributed by atoms with Gasteiger partial charge in [0, 0.05) is 17.5 Å². The topological polar surface area (TPSA) is 80.3 Å². The van der Waals surface area contributed by atoms with Crippen molar-refractivity contribution in [2.45, 2.75) is 57.2 Å². The monoisotopic (exact) mass is 539 g/mol. The van der Waals surface area contributed by atoms with E-state index in [1.165, 1.54) is 16.9 Å². The summed E-state index contributed by atoms with van der Waals surface area (Å²) in [5.74, 6) is 0.0802. The Labute approximate surface area is 233 Å². The van der Waals surface area contributed by atoms with Crippen LogP contribution in [0.5, 0.6) is 5.75 Å². The number of ether oxygens (including phenoxy) is 1. The first-order valence-electron chi connectivity index (χ1n) is 13.4. The van der Waals surface area contributed by atoms with Crippen molar-refractivity contribution >= 4 is 23.2 Å². The lowest BCUT2D eigenvalue weighted by atomic mass is 9.87. The summed E-state index contributed by atoms with van der Waals surface area (Å²) in [6.07, 6.45) is 3.64. The van der Waals surface area contributed by atoms with E-state index < -0.39 is 5.92 Å². The molecule has 1 saturated carbocycles. The number of thiazole rings is 1. The molecule has 0 bridgehead atoms. The lowest BCUT2D eigenvalue weighted by Crippen LogP contribution is -2.54. The van der Waals surface area contributed by atoms with Crippen molar-refractivity contribution in [3.05, 3.63) is 118 Å². The summed E-state index contributed by atoms with van der Waals surface area (Å²) in [4.78, 5) is 31.3. The summed E-state index contributed by atoms with van der Waals surface area (Å²) in [6.45, 7) is 2.34. The number of nitrogens with one attached hydrogen (secondary N) is 2. The molecule has 0 saturated heterocycles. The van der Waals surface area contributed by atoms with Crippen molar-refractivity contribution in [2.24, 2.45) is 0 Å². The molecule has 1 heterocycles. The molecular formula is C32H33N3O3S. The van der Waals surface area contributed by atoms with E-state index in [0.717, 1.165) is 47.6 Å². The summed E-state index contributed by atoms with van der Waals surface area (Å²) in [6, 6.07) is 27.2. The zero-order valence-corrected chi connectivity index (χ0v) is 22.8. The summed E-state index contributed by atoms with van der Waals surface area (Å²) in [5.41, 5.74) is 3.44. The first kappa shape index (κ1) is 26.6. The maximum atomic E-state index is 13.7. The van der Waals surface area contributed by atoms with Crippen molar-refractivity contribution < 1.29 is 14.3 Å². The second-order valence-corrected chi connectivity index (χ2v) is 10.9. The van der Waals surface area contributed by atoms with Crippen LogP contribution < -0.4 is 15.4 Å². The molecule has 0 spiro atoms. The quantitative estimate of drug-likeness (QED) is 0.273. The van der Waals surface area contributed by atoms with Gasteiger partial charge < -0.3 is 15.4 Å². The molecule has 1 aromatic heterocycles. The van der Waals surface area contributed by atoms with Gasteiger partial charge in [-0.3, -0.25) is 9.59 Å². The number of amides is 2. The first-order valence-corrected chi connectivity index (χ1v) is 14.3. The molecule has 1 fully saturated rings. The normalized spacial score (nSPS) is 17.0. The Balaban J connectivity index is 1.23. The van der Waals surface area contributed by atoms with Gasteiger partial charge in [0.25, 0.3) is 5.91 Å². The van der Waals surface area contributed by atoms with Crippen molar-refractivity contribution in [1.29, 1.82) is 0 Å². The SMILES string of the molecule is Cc1ccc(OCc2nc(C(=O)NC3CCCCC3NC(=O)C(c3ccccc3)c3ccccc3)cs2)cc1. The lowest BCUT2D eigenvalue weighted by Gasteiger charge is -2.34. The van der Waals surface area contributed by atoms with Crippen LogP contribution >= 0.6 is 11.3 Å². The lowest BCUT2D eigenvalue weighted by molar-refractivity contribution is -0.122. The number of nitrogens with zero attached hydrogens (tertiary/aromatic N) is 1. The number of aromatic nitrogens is 1. The van der Waals surface area contributed by atoms with Crippen molar-refractivity contribution in [3.8, 4) is 5.75 Å². The smallest absolute Gasteiger partial charge is 0.271 e. The van der Waals surface area contributed by atoms with Gasteiger partial charge in [0.05, 0.1) is 5.92 Å². The van der Waals surface area contributed by atoms with Gasteiger partial charge in [-0.25, -0.2) is 4.98 Å². The predicted octanol–water partition coefficient (Wildman–Crippen LogP) is 6.02. The molecule has 7 heteroatoms. The van der Waals surface area contributed by atoms with Gasteiger partial charge in [0.1, 0.15) is 23.1 Å². The van der Waals surface area contributed by atoms with Crippen LogP contribution in [0, 0.1) is 6.92 Å².